The number of guanidine groups is 1. The maximum absolute atomic E-state index is 5.37. The quantitative estimate of drug-likeness (QED) is 0.432. The van der Waals surface area contributed by atoms with Crippen molar-refractivity contribution in [3.8, 4) is 0 Å². The van der Waals surface area contributed by atoms with Crippen LogP contribution >= 0.6 is 0 Å². The molecule has 0 saturated carbocycles. The third-order valence-electron chi connectivity index (χ3n) is 3.88. The number of ether oxygens (including phenoxy) is 1. The van der Waals surface area contributed by atoms with Crippen LogP contribution in [-0.2, 0) is 16.7 Å². The van der Waals surface area contributed by atoms with Crippen molar-refractivity contribution in [2.75, 3.05) is 45.9 Å². The zero-order valence-corrected chi connectivity index (χ0v) is 16.0. The van der Waals surface area contributed by atoms with Crippen LogP contribution in [0.1, 0.15) is 45.8 Å². The van der Waals surface area contributed by atoms with Crippen molar-refractivity contribution in [3.05, 3.63) is 11.7 Å². The predicted octanol–water partition coefficient (Wildman–Crippen LogP) is 1.14. The lowest BCUT2D eigenvalue weighted by Gasteiger charge is -2.26. The summed E-state index contributed by atoms with van der Waals surface area (Å²) in [6.07, 6.45) is 1.07. The van der Waals surface area contributed by atoms with E-state index in [0.717, 1.165) is 58.3 Å². The van der Waals surface area contributed by atoms with Gasteiger partial charge in [-0.05, 0) is 19.9 Å². The molecule has 0 bridgehead atoms. The molecule has 25 heavy (non-hydrogen) atoms. The molecule has 2 rings (SSSR count). The fraction of sp³-hybridized carbons (Fsp3) is 0.824. The van der Waals surface area contributed by atoms with Gasteiger partial charge in [0.25, 0.3) is 0 Å². The summed E-state index contributed by atoms with van der Waals surface area (Å²) < 4.78 is 10.7. The van der Waals surface area contributed by atoms with Crippen LogP contribution in [0.5, 0.6) is 0 Å². The molecule has 1 aromatic rings. The minimum atomic E-state index is -0.142. The Morgan fingerprint density at radius 2 is 2.00 bits per heavy atom. The fourth-order valence-corrected chi connectivity index (χ4v) is 2.45. The van der Waals surface area contributed by atoms with Gasteiger partial charge in [0.15, 0.2) is 11.8 Å². The molecule has 1 fully saturated rings. The summed E-state index contributed by atoms with van der Waals surface area (Å²) in [6, 6.07) is 0. The number of nitrogens with zero attached hydrogens (tertiary/aromatic N) is 4. The molecule has 0 radical (unpaired) electrons. The van der Waals surface area contributed by atoms with Crippen LogP contribution in [0.2, 0.25) is 0 Å². The maximum atomic E-state index is 5.37. The maximum Gasteiger partial charge on any atom is 0.232 e. The smallest absolute Gasteiger partial charge is 0.232 e. The standard InChI is InChI=1S/C17H32N6O2/c1-5-18-16(19-7-6-8-23-9-11-24-12-10-23)20-13-14-21-15(25-22-14)17(2,3)4/h5-13H2,1-4H3,(H2,18,19,20). The molecule has 0 atom stereocenters. The van der Waals surface area contributed by atoms with E-state index in [4.69, 9.17) is 9.26 Å². The van der Waals surface area contributed by atoms with Gasteiger partial charge in [-0.3, -0.25) is 4.90 Å². The van der Waals surface area contributed by atoms with E-state index in [2.05, 4.69) is 37.6 Å². The van der Waals surface area contributed by atoms with Gasteiger partial charge >= 0.3 is 0 Å². The number of aliphatic imine (C=N–C) groups is 1. The molecule has 2 N–H and O–H groups in total. The van der Waals surface area contributed by atoms with E-state index in [1.807, 2.05) is 20.8 Å². The second-order valence-corrected chi connectivity index (χ2v) is 7.20. The zero-order chi connectivity index (χ0) is 18.1. The molecule has 142 valence electrons. The van der Waals surface area contributed by atoms with Gasteiger partial charge in [0, 0.05) is 31.6 Å². The van der Waals surface area contributed by atoms with Crippen molar-refractivity contribution in [1.29, 1.82) is 0 Å². The van der Waals surface area contributed by atoms with Crippen molar-refractivity contribution < 1.29 is 9.26 Å². The summed E-state index contributed by atoms with van der Waals surface area (Å²) in [5.74, 6) is 2.03. The second kappa shape index (κ2) is 9.72. The SMILES string of the molecule is CCNC(=NCc1noc(C(C)(C)C)n1)NCCCN1CCOCC1. The van der Waals surface area contributed by atoms with Gasteiger partial charge in [-0.25, -0.2) is 4.99 Å². The highest BCUT2D eigenvalue weighted by Gasteiger charge is 2.21. The van der Waals surface area contributed by atoms with Crippen molar-refractivity contribution in [3.63, 3.8) is 0 Å². The summed E-state index contributed by atoms with van der Waals surface area (Å²) in [5.41, 5.74) is -0.142. The highest BCUT2D eigenvalue weighted by Crippen LogP contribution is 2.19. The Balaban J connectivity index is 1.76. The third-order valence-corrected chi connectivity index (χ3v) is 3.88. The van der Waals surface area contributed by atoms with Crippen LogP contribution in [0.15, 0.2) is 9.52 Å². The van der Waals surface area contributed by atoms with Gasteiger partial charge < -0.3 is 19.9 Å². The van der Waals surface area contributed by atoms with Crippen LogP contribution in [0, 0.1) is 0 Å². The Morgan fingerprint density at radius 3 is 2.64 bits per heavy atom. The first-order valence-corrected chi connectivity index (χ1v) is 9.14. The van der Waals surface area contributed by atoms with Crippen molar-refractivity contribution in [1.82, 2.24) is 25.7 Å². The summed E-state index contributed by atoms with van der Waals surface area (Å²) in [4.78, 5) is 11.4. The molecule has 1 aliphatic heterocycles. The van der Waals surface area contributed by atoms with Gasteiger partial charge in [0.2, 0.25) is 5.89 Å². The number of aromatic nitrogens is 2. The summed E-state index contributed by atoms with van der Waals surface area (Å²) >= 11 is 0. The molecule has 1 aromatic heterocycles. The number of hydrogen-bond acceptors (Lipinski definition) is 6. The van der Waals surface area contributed by atoms with E-state index >= 15 is 0 Å². The summed E-state index contributed by atoms with van der Waals surface area (Å²) in [7, 11) is 0. The third kappa shape index (κ3) is 6.99. The molecule has 1 saturated heterocycles. The predicted molar refractivity (Wildman–Crippen MR) is 97.7 cm³/mol. The minimum Gasteiger partial charge on any atom is -0.379 e. The molecule has 0 amide bonds. The van der Waals surface area contributed by atoms with Gasteiger partial charge in [-0.1, -0.05) is 25.9 Å². The zero-order valence-electron chi connectivity index (χ0n) is 16.0. The number of rotatable bonds is 7. The van der Waals surface area contributed by atoms with E-state index in [1.54, 1.807) is 0 Å². The molecule has 8 heteroatoms. The normalized spacial score (nSPS) is 16.9. The van der Waals surface area contributed by atoms with E-state index in [1.165, 1.54) is 0 Å². The number of hydrogen-bond donors (Lipinski definition) is 2. The molecule has 0 aromatic carbocycles. The average Bonchev–Trinajstić information content (AvgIpc) is 3.07. The van der Waals surface area contributed by atoms with Gasteiger partial charge in [-0.2, -0.15) is 4.98 Å². The monoisotopic (exact) mass is 352 g/mol. The van der Waals surface area contributed by atoms with Crippen LogP contribution in [0.3, 0.4) is 0 Å². The Kier molecular flexibility index (Phi) is 7.64. The highest BCUT2D eigenvalue weighted by atomic mass is 16.5. The molecule has 0 unspecified atom stereocenters. The van der Waals surface area contributed by atoms with Crippen LogP contribution in [0.25, 0.3) is 0 Å². The minimum absolute atomic E-state index is 0.142. The average molecular weight is 352 g/mol. The van der Waals surface area contributed by atoms with Crippen molar-refractivity contribution in [2.45, 2.75) is 46.1 Å². The summed E-state index contributed by atoms with van der Waals surface area (Å²) in [6.45, 7) is 15.1. The Labute approximate surface area is 150 Å². The molecule has 1 aliphatic rings. The van der Waals surface area contributed by atoms with Crippen LogP contribution in [0.4, 0.5) is 0 Å². The van der Waals surface area contributed by atoms with Crippen LogP contribution in [-0.4, -0.2) is 66.9 Å². The largest absolute Gasteiger partial charge is 0.379 e. The lowest BCUT2D eigenvalue weighted by Crippen LogP contribution is -2.40. The Hall–Kier alpha value is -1.67. The van der Waals surface area contributed by atoms with Crippen molar-refractivity contribution >= 4 is 5.96 Å². The van der Waals surface area contributed by atoms with Gasteiger partial charge in [0.1, 0.15) is 6.54 Å². The molecule has 8 nitrogen and oxygen atoms in total. The molecular weight excluding hydrogens is 320 g/mol. The Bertz CT molecular complexity index is 531. The summed E-state index contributed by atoms with van der Waals surface area (Å²) in [5, 5.41) is 10.6. The highest BCUT2D eigenvalue weighted by molar-refractivity contribution is 5.79. The van der Waals surface area contributed by atoms with E-state index in [0.29, 0.717) is 18.3 Å². The number of morpholine rings is 1. The first-order chi connectivity index (χ1) is 12.0. The molecule has 2 heterocycles. The lowest BCUT2D eigenvalue weighted by atomic mass is 9.97. The molecule has 0 aliphatic carbocycles. The molecule has 0 spiro atoms. The van der Waals surface area contributed by atoms with Gasteiger partial charge in [-0.15, -0.1) is 0 Å². The van der Waals surface area contributed by atoms with Gasteiger partial charge in [0.05, 0.1) is 13.2 Å². The second-order valence-electron chi connectivity index (χ2n) is 7.20. The first kappa shape index (κ1) is 19.7. The van der Waals surface area contributed by atoms with E-state index in [-0.39, 0.29) is 5.41 Å². The Morgan fingerprint density at radius 1 is 1.24 bits per heavy atom. The van der Waals surface area contributed by atoms with Crippen molar-refractivity contribution in [2.24, 2.45) is 4.99 Å². The number of nitrogens with one attached hydrogen (secondary N) is 2. The molecular formula is C17H32N6O2. The van der Waals surface area contributed by atoms with E-state index in [9.17, 15) is 0 Å². The lowest BCUT2D eigenvalue weighted by molar-refractivity contribution is 0.0376. The van der Waals surface area contributed by atoms with Crippen LogP contribution < -0.4 is 10.6 Å². The first-order valence-electron chi connectivity index (χ1n) is 9.14. The van der Waals surface area contributed by atoms with E-state index < -0.39 is 0 Å². The fourth-order valence-electron chi connectivity index (χ4n) is 2.45. The topological polar surface area (TPSA) is 87.8 Å².